The zero-order chi connectivity index (χ0) is 12.3. The molecule has 0 fully saturated rings. The molecule has 88 valence electrons. The molecule has 5 nitrogen and oxygen atoms in total. The summed E-state index contributed by atoms with van der Waals surface area (Å²) >= 11 is 0. The Morgan fingerprint density at radius 1 is 1.35 bits per heavy atom. The quantitative estimate of drug-likeness (QED) is 0.864. The van der Waals surface area contributed by atoms with Crippen molar-refractivity contribution >= 4 is 22.7 Å². The van der Waals surface area contributed by atoms with Crippen LogP contribution in [0.4, 0.5) is 5.82 Å². The van der Waals surface area contributed by atoms with Gasteiger partial charge in [-0.2, -0.15) is 0 Å². The van der Waals surface area contributed by atoms with Gasteiger partial charge in [0.05, 0.1) is 11.9 Å². The molecular formula is C12H13N3O2. The molecule has 2 rings (SSSR count). The first kappa shape index (κ1) is 11.3. The largest absolute Gasteiger partial charge is 0.481 e. The van der Waals surface area contributed by atoms with Gasteiger partial charge in [-0.3, -0.25) is 4.79 Å². The van der Waals surface area contributed by atoms with E-state index in [-0.39, 0.29) is 6.42 Å². The summed E-state index contributed by atoms with van der Waals surface area (Å²) in [6.45, 7) is 0.427. The Bertz CT molecular complexity index is 537. The Morgan fingerprint density at radius 2 is 2.12 bits per heavy atom. The van der Waals surface area contributed by atoms with Gasteiger partial charge in [0.15, 0.2) is 0 Å². The van der Waals surface area contributed by atoms with E-state index in [9.17, 15) is 4.79 Å². The molecule has 0 aliphatic carbocycles. The minimum atomic E-state index is -0.810. The minimum absolute atomic E-state index is 0.0921. The smallest absolute Gasteiger partial charge is 0.305 e. The minimum Gasteiger partial charge on any atom is -0.481 e. The zero-order valence-electron chi connectivity index (χ0n) is 9.50. The van der Waals surface area contributed by atoms with Gasteiger partial charge in [-0.25, -0.2) is 9.97 Å². The summed E-state index contributed by atoms with van der Waals surface area (Å²) < 4.78 is 0. The molecular weight excluding hydrogens is 218 g/mol. The number of hydrogen-bond acceptors (Lipinski definition) is 4. The van der Waals surface area contributed by atoms with Crippen LogP contribution in [0.1, 0.15) is 6.42 Å². The lowest BCUT2D eigenvalue weighted by Crippen LogP contribution is -2.22. The second kappa shape index (κ2) is 4.78. The second-order valence-electron chi connectivity index (χ2n) is 3.78. The molecule has 1 aromatic heterocycles. The number of nitrogens with zero attached hydrogens (tertiary/aromatic N) is 3. The predicted molar refractivity (Wildman–Crippen MR) is 65.1 cm³/mol. The van der Waals surface area contributed by atoms with Crippen molar-refractivity contribution in [2.24, 2.45) is 0 Å². The first-order chi connectivity index (χ1) is 8.18. The molecule has 1 heterocycles. The number of aromatic nitrogens is 2. The third-order valence-electron chi connectivity index (χ3n) is 2.54. The number of carbonyl (C=O) groups is 1. The standard InChI is InChI=1S/C12H13N3O2/c1-15(7-6-11(16)17)12-9-4-2-3-5-10(9)13-8-14-12/h2-5,8H,6-7H2,1H3,(H,16,17). The van der Waals surface area contributed by atoms with Crippen LogP contribution >= 0.6 is 0 Å². The van der Waals surface area contributed by atoms with Gasteiger partial charge in [-0.15, -0.1) is 0 Å². The molecule has 0 saturated carbocycles. The van der Waals surface area contributed by atoms with Gasteiger partial charge < -0.3 is 10.0 Å². The maximum Gasteiger partial charge on any atom is 0.305 e. The SMILES string of the molecule is CN(CCC(=O)O)c1ncnc2ccccc12. The van der Waals surface area contributed by atoms with Gasteiger partial charge in [0.1, 0.15) is 12.1 Å². The third-order valence-corrected chi connectivity index (χ3v) is 2.54. The molecule has 0 spiro atoms. The molecule has 0 unspecified atom stereocenters. The molecule has 0 aliphatic rings. The van der Waals surface area contributed by atoms with Gasteiger partial charge in [-0.1, -0.05) is 12.1 Å². The fraction of sp³-hybridized carbons (Fsp3) is 0.250. The van der Waals surface area contributed by atoms with Crippen LogP contribution in [0.5, 0.6) is 0 Å². The van der Waals surface area contributed by atoms with E-state index >= 15 is 0 Å². The summed E-state index contributed by atoms with van der Waals surface area (Å²) in [5.41, 5.74) is 0.861. The van der Waals surface area contributed by atoms with E-state index in [1.807, 2.05) is 36.2 Å². The lowest BCUT2D eigenvalue weighted by molar-refractivity contribution is -0.136. The summed E-state index contributed by atoms with van der Waals surface area (Å²) in [4.78, 5) is 20.7. The van der Waals surface area contributed by atoms with E-state index in [1.165, 1.54) is 6.33 Å². The molecule has 2 aromatic rings. The highest BCUT2D eigenvalue weighted by Gasteiger charge is 2.09. The maximum absolute atomic E-state index is 10.5. The summed E-state index contributed by atoms with van der Waals surface area (Å²) in [6, 6.07) is 7.67. The van der Waals surface area contributed by atoms with Crippen LogP contribution in [0.25, 0.3) is 10.9 Å². The average molecular weight is 231 g/mol. The van der Waals surface area contributed by atoms with Crippen molar-refractivity contribution in [3.05, 3.63) is 30.6 Å². The van der Waals surface area contributed by atoms with Crippen LogP contribution in [0.3, 0.4) is 0 Å². The van der Waals surface area contributed by atoms with Gasteiger partial charge in [-0.05, 0) is 12.1 Å². The number of para-hydroxylation sites is 1. The van der Waals surface area contributed by atoms with Crippen molar-refractivity contribution in [3.63, 3.8) is 0 Å². The molecule has 1 aromatic carbocycles. The van der Waals surface area contributed by atoms with Crippen molar-refractivity contribution in [3.8, 4) is 0 Å². The predicted octanol–water partition coefficient (Wildman–Crippen LogP) is 1.54. The number of carboxylic acids is 1. The average Bonchev–Trinajstić information content (AvgIpc) is 2.35. The van der Waals surface area contributed by atoms with E-state index in [0.717, 1.165) is 16.7 Å². The topological polar surface area (TPSA) is 66.3 Å². The van der Waals surface area contributed by atoms with Crippen LogP contribution < -0.4 is 4.90 Å². The number of fused-ring (bicyclic) bond motifs is 1. The van der Waals surface area contributed by atoms with Crippen molar-refractivity contribution in [2.75, 3.05) is 18.5 Å². The maximum atomic E-state index is 10.5. The summed E-state index contributed by atoms with van der Waals surface area (Å²) in [7, 11) is 1.83. The fourth-order valence-electron chi connectivity index (χ4n) is 1.66. The second-order valence-corrected chi connectivity index (χ2v) is 3.78. The Kier molecular flexibility index (Phi) is 3.18. The highest BCUT2D eigenvalue weighted by atomic mass is 16.4. The molecule has 5 heteroatoms. The molecule has 1 N–H and O–H groups in total. The van der Waals surface area contributed by atoms with Gasteiger partial charge >= 0.3 is 5.97 Å². The van der Waals surface area contributed by atoms with Crippen LogP contribution in [0.2, 0.25) is 0 Å². The van der Waals surface area contributed by atoms with Gasteiger partial charge in [0, 0.05) is 19.0 Å². The van der Waals surface area contributed by atoms with E-state index < -0.39 is 5.97 Å². The van der Waals surface area contributed by atoms with Crippen LogP contribution in [-0.4, -0.2) is 34.6 Å². The molecule has 0 amide bonds. The number of carboxylic acid groups (broad SMARTS) is 1. The van der Waals surface area contributed by atoms with Crippen LogP contribution in [0.15, 0.2) is 30.6 Å². The van der Waals surface area contributed by atoms with Gasteiger partial charge in [0.25, 0.3) is 0 Å². The number of anilines is 1. The van der Waals surface area contributed by atoms with Crippen molar-refractivity contribution < 1.29 is 9.90 Å². The molecule has 0 bridgehead atoms. The van der Waals surface area contributed by atoms with Crippen LogP contribution in [0, 0.1) is 0 Å². The molecule has 0 saturated heterocycles. The number of hydrogen-bond donors (Lipinski definition) is 1. The Hall–Kier alpha value is -2.17. The molecule has 0 radical (unpaired) electrons. The Labute approximate surface area is 98.7 Å². The Balaban J connectivity index is 2.31. The number of rotatable bonds is 4. The van der Waals surface area contributed by atoms with E-state index in [4.69, 9.17) is 5.11 Å². The highest BCUT2D eigenvalue weighted by molar-refractivity contribution is 5.89. The van der Waals surface area contributed by atoms with E-state index in [0.29, 0.717) is 6.54 Å². The summed E-state index contributed by atoms with van der Waals surface area (Å²) in [6.07, 6.45) is 1.59. The van der Waals surface area contributed by atoms with Crippen molar-refractivity contribution in [1.29, 1.82) is 0 Å². The van der Waals surface area contributed by atoms with E-state index in [1.54, 1.807) is 0 Å². The summed E-state index contributed by atoms with van der Waals surface area (Å²) in [5, 5.41) is 9.60. The third kappa shape index (κ3) is 2.50. The highest BCUT2D eigenvalue weighted by Crippen LogP contribution is 2.21. The number of benzene rings is 1. The molecule has 0 atom stereocenters. The lowest BCUT2D eigenvalue weighted by atomic mass is 10.2. The number of aliphatic carboxylic acids is 1. The van der Waals surface area contributed by atoms with Crippen LogP contribution in [-0.2, 0) is 4.79 Å². The molecule has 17 heavy (non-hydrogen) atoms. The lowest BCUT2D eigenvalue weighted by Gasteiger charge is -2.18. The zero-order valence-corrected chi connectivity index (χ0v) is 9.50. The van der Waals surface area contributed by atoms with E-state index in [2.05, 4.69) is 9.97 Å². The first-order valence-corrected chi connectivity index (χ1v) is 5.31. The fourth-order valence-corrected chi connectivity index (χ4v) is 1.66. The van der Waals surface area contributed by atoms with Crippen molar-refractivity contribution in [1.82, 2.24) is 9.97 Å². The normalized spacial score (nSPS) is 10.4. The summed E-state index contributed by atoms with van der Waals surface area (Å²) in [5.74, 6) is -0.0490. The first-order valence-electron chi connectivity index (χ1n) is 5.31. The van der Waals surface area contributed by atoms with Gasteiger partial charge in [0.2, 0.25) is 0 Å². The molecule has 0 aliphatic heterocycles. The van der Waals surface area contributed by atoms with Crippen molar-refractivity contribution in [2.45, 2.75) is 6.42 Å². The Morgan fingerprint density at radius 3 is 2.88 bits per heavy atom. The monoisotopic (exact) mass is 231 g/mol.